The van der Waals surface area contributed by atoms with E-state index in [9.17, 15) is 18.0 Å². The van der Waals surface area contributed by atoms with Crippen LogP contribution in [-0.4, -0.2) is 20.9 Å². The van der Waals surface area contributed by atoms with Crippen molar-refractivity contribution in [3.8, 4) is 5.75 Å². The van der Waals surface area contributed by atoms with Crippen molar-refractivity contribution in [1.82, 2.24) is 0 Å². The van der Waals surface area contributed by atoms with E-state index in [0.29, 0.717) is 28.1 Å². The van der Waals surface area contributed by atoms with Gasteiger partial charge in [0, 0.05) is 17.8 Å². The molecule has 36 heavy (non-hydrogen) atoms. The monoisotopic (exact) mass is 506 g/mol. The van der Waals surface area contributed by atoms with Gasteiger partial charge in [-0.1, -0.05) is 39.0 Å². The van der Waals surface area contributed by atoms with Gasteiger partial charge in [-0.15, -0.1) is 0 Å². The first kappa shape index (κ1) is 25.0. The molecule has 0 atom stereocenters. The number of rotatable bonds is 7. The first-order chi connectivity index (χ1) is 17.0. The van der Waals surface area contributed by atoms with Crippen LogP contribution < -0.4 is 20.2 Å². The van der Waals surface area contributed by atoms with E-state index in [1.165, 1.54) is 24.5 Å². The van der Waals surface area contributed by atoms with Crippen molar-refractivity contribution in [1.29, 1.82) is 0 Å². The van der Waals surface area contributed by atoms with E-state index in [1.807, 2.05) is 0 Å². The zero-order valence-corrected chi connectivity index (χ0v) is 20.9. The molecule has 0 radical (unpaired) electrons. The SMILES string of the molecule is CC(C)(C)c1ccc(S(=O)(=O)Nc2cccc(NC(=O)COc3ccc4c(=O)ccoc4c3)c2)cc1. The Labute approximate surface area is 209 Å². The molecular weight excluding hydrogens is 480 g/mol. The number of hydrogen-bond donors (Lipinski definition) is 2. The number of hydrogen-bond acceptors (Lipinski definition) is 6. The van der Waals surface area contributed by atoms with Crippen molar-refractivity contribution in [2.45, 2.75) is 31.1 Å². The number of sulfonamides is 1. The summed E-state index contributed by atoms with van der Waals surface area (Å²) in [5.74, 6) is -0.0756. The summed E-state index contributed by atoms with van der Waals surface area (Å²) in [6.07, 6.45) is 1.29. The molecule has 0 fully saturated rings. The minimum Gasteiger partial charge on any atom is -0.484 e. The second-order valence-electron chi connectivity index (χ2n) is 9.24. The molecule has 1 aromatic heterocycles. The van der Waals surface area contributed by atoms with Gasteiger partial charge in [-0.05, 0) is 53.4 Å². The zero-order chi connectivity index (χ0) is 25.9. The predicted octanol–water partition coefficient (Wildman–Crippen LogP) is 4.91. The fourth-order valence-electron chi connectivity index (χ4n) is 3.51. The van der Waals surface area contributed by atoms with Crippen LogP contribution in [0, 0.1) is 0 Å². The van der Waals surface area contributed by atoms with E-state index >= 15 is 0 Å². The molecule has 0 bridgehead atoms. The Kier molecular flexibility index (Phi) is 6.85. The Bertz CT molecular complexity index is 1570. The standard InChI is InChI=1S/C27H26N2O6S/c1-27(2,3)18-7-10-22(11-8-18)36(32,33)29-20-6-4-5-19(15-20)28-26(31)17-35-21-9-12-23-24(30)13-14-34-25(23)16-21/h4-16,29H,17H2,1-3H3,(H,28,31). The largest absolute Gasteiger partial charge is 0.484 e. The van der Waals surface area contributed by atoms with E-state index in [1.54, 1.807) is 54.6 Å². The van der Waals surface area contributed by atoms with Gasteiger partial charge in [-0.25, -0.2) is 8.42 Å². The molecule has 0 aliphatic heterocycles. The molecule has 0 spiro atoms. The van der Waals surface area contributed by atoms with E-state index < -0.39 is 15.9 Å². The van der Waals surface area contributed by atoms with Gasteiger partial charge in [0.25, 0.3) is 15.9 Å². The van der Waals surface area contributed by atoms with Crippen LogP contribution in [0.25, 0.3) is 11.0 Å². The molecule has 2 N–H and O–H groups in total. The van der Waals surface area contributed by atoms with Crippen LogP contribution in [0.1, 0.15) is 26.3 Å². The van der Waals surface area contributed by atoms with E-state index in [-0.39, 0.29) is 22.3 Å². The number of carbonyl (C=O) groups is 1. The minimum atomic E-state index is -3.81. The Morgan fingerprint density at radius 1 is 0.944 bits per heavy atom. The maximum atomic E-state index is 12.8. The Balaban J connectivity index is 1.39. The number of anilines is 2. The number of amides is 1. The summed E-state index contributed by atoms with van der Waals surface area (Å²) in [4.78, 5) is 24.3. The van der Waals surface area contributed by atoms with Gasteiger partial charge in [-0.3, -0.25) is 14.3 Å². The van der Waals surface area contributed by atoms with Crippen molar-refractivity contribution in [2.24, 2.45) is 0 Å². The Morgan fingerprint density at radius 3 is 2.39 bits per heavy atom. The van der Waals surface area contributed by atoms with Gasteiger partial charge in [0.15, 0.2) is 12.0 Å². The highest BCUT2D eigenvalue weighted by Crippen LogP contribution is 2.25. The molecule has 4 aromatic rings. The number of ether oxygens (including phenoxy) is 1. The number of carbonyl (C=O) groups excluding carboxylic acids is 1. The van der Waals surface area contributed by atoms with Gasteiger partial charge >= 0.3 is 0 Å². The second kappa shape index (κ2) is 9.87. The molecule has 186 valence electrons. The molecule has 4 rings (SSSR count). The second-order valence-corrected chi connectivity index (χ2v) is 10.9. The summed E-state index contributed by atoms with van der Waals surface area (Å²) in [7, 11) is -3.81. The van der Waals surface area contributed by atoms with E-state index in [0.717, 1.165) is 5.56 Å². The highest BCUT2D eigenvalue weighted by atomic mass is 32.2. The lowest BCUT2D eigenvalue weighted by Crippen LogP contribution is -2.20. The smallest absolute Gasteiger partial charge is 0.262 e. The topological polar surface area (TPSA) is 115 Å². The van der Waals surface area contributed by atoms with Crippen molar-refractivity contribution >= 4 is 38.3 Å². The van der Waals surface area contributed by atoms with Crippen LogP contribution >= 0.6 is 0 Å². The summed E-state index contributed by atoms with van der Waals surface area (Å²) < 4.78 is 39.0. The van der Waals surface area contributed by atoms with Gasteiger partial charge in [0.1, 0.15) is 11.3 Å². The fraction of sp³-hybridized carbons (Fsp3) is 0.185. The number of fused-ring (bicyclic) bond motifs is 1. The van der Waals surface area contributed by atoms with Crippen LogP contribution in [0.4, 0.5) is 11.4 Å². The molecule has 1 heterocycles. The maximum absolute atomic E-state index is 12.8. The lowest BCUT2D eigenvalue weighted by molar-refractivity contribution is -0.118. The third kappa shape index (κ3) is 5.92. The third-order valence-electron chi connectivity index (χ3n) is 5.43. The normalized spacial score (nSPS) is 11.8. The summed E-state index contributed by atoms with van der Waals surface area (Å²) in [6.45, 7) is 5.88. The molecule has 0 saturated carbocycles. The molecule has 0 unspecified atom stereocenters. The molecule has 0 saturated heterocycles. The highest BCUT2D eigenvalue weighted by molar-refractivity contribution is 7.92. The molecule has 0 aliphatic rings. The molecule has 9 heteroatoms. The highest BCUT2D eigenvalue weighted by Gasteiger charge is 2.18. The first-order valence-electron chi connectivity index (χ1n) is 11.2. The predicted molar refractivity (Wildman–Crippen MR) is 139 cm³/mol. The number of nitrogens with one attached hydrogen (secondary N) is 2. The van der Waals surface area contributed by atoms with Gasteiger partial charge < -0.3 is 14.5 Å². The quantitative estimate of drug-likeness (QED) is 0.368. The average Bonchev–Trinajstić information content (AvgIpc) is 2.82. The molecule has 3 aromatic carbocycles. The third-order valence-corrected chi connectivity index (χ3v) is 6.83. The van der Waals surface area contributed by atoms with Crippen LogP contribution in [0.2, 0.25) is 0 Å². The first-order valence-corrected chi connectivity index (χ1v) is 12.7. The van der Waals surface area contributed by atoms with Crippen molar-refractivity contribution in [2.75, 3.05) is 16.6 Å². The maximum Gasteiger partial charge on any atom is 0.262 e. The molecular formula is C27H26N2O6S. The molecule has 8 nitrogen and oxygen atoms in total. The van der Waals surface area contributed by atoms with Crippen LogP contribution in [0.5, 0.6) is 5.75 Å². The van der Waals surface area contributed by atoms with Crippen LogP contribution in [0.15, 0.2) is 93.2 Å². The van der Waals surface area contributed by atoms with Gasteiger partial charge in [-0.2, -0.15) is 0 Å². The minimum absolute atomic E-state index is 0.0873. The van der Waals surface area contributed by atoms with Crippen molar-refractivity contribution in [3.63, 3.8) is 0 Å². The van der Waals surface area contributed by atoms with Gasteiger partial charge in [0.2, 0.25) is 0 Å². The Morgan fingerprint density at radius 2 is 1.67 bits per heavy atom. The van der Waals surface area contributed by atoms with Crippen molar-refractivity contribution < 1.29 is 22.4 Å². The van der Waals surface area contributed by atoms with Crippen LogP contribution in [0.3, 0.4) is 0 Å². The van der Waals surface area contributed by atoms with Gasteiger partial charge in [0.05, 0.1) is 22.2 Å². The lowest BCUT2D eigenvalue weighted by atomic mass is 9.87. The summed E-state index contributed by atoms with van der Waals surface area (Å²) in [5.41, 5.74) is 1.83. The molecule has 0 aliphatic carbocycles. The summed E-state index contributed by atoms with van der Waals surface area (Å²) in [6, 6.07) is 19.1. The summed E-state index contributed by atoms with van der Waals surface area (Å²) in [5, 5.41) is 3.09. The fourth-order valence-corrected chi connectivity index (χ4v) is 4.56. The average molecular weight is 507 g/mol. The van der Waals surface area contributed by atoms with E-state index in [2.05, 4.69) is 30.8 Å². The lowest BCUT2D eigenvalue weighted by Gasteiger charge is -2.19. The summed E-state index contributed by atoms with van der Waals surface area (Å²) >= 11 is 0. The Hall–Kier alpha value is -4.11. The molecule has 1 amide bonds. The van der Waals surface area contributed by atoms with Crippen molar-refractivity contribution in [3.05, 3.63) is 94.8 Å². The van der Waals surface area contributed by atoms with Crippen LogP contribution in [-0.2, 0) is 20.2 Å². The van der Waals surface area contributed by atoms with E-state index in [4.69, 9.17) is 9.15 Å². The zero-order valence-electron chi connectivity index (χ0n) is 20.1. The number of benzene rings is 3.